The van der Waals surface area contributed by atoms with Gasteiger partial charge in [-0.15, -0.1) is 0 Å². The number of alkyl halides is 2. The molecule has 5 heteroatoms. The summed E-state index contributed by atoms with van der Waals surface area (Å²) in [5.74, 6) is -0.654. The largest absolute Gasteiger partial charge is 0.465 e. The van der Waals surface area contributed by atoms with Crippen molar-refractivity contribution in [1.82, 2.24) is 0 Å². The van der Waals surface area contributed by atoms with Crippen LogP contribution in [0, 0.1) is 0 Å². The summed E-state index contributed by atoms with van der Waals surface area (Å²) in [6, 6.07) is 3.82. The Morgan fingerprint density at radius 3 is 2.56 bits per heavy atom. The Labute approximate surface area is 94.5 Å². The molecule has 1 rings (SSSR count). The Morgan fingerprint density at radius 1 is 1.50 bits per heavy atom. The first-order valence-electron chi connectivity index (χ1n) is 4.41. The minimum Gasteiger partial charge on any atom is -0.465 e. The van der Waals surface area contributed by atoms with Gasteiger partial charge in [-0.25, -0.2) is 4.79 Å². The van der Waals surface area contributed by atoms with Gasteiger partial charge in [0.2, 0.25) is 0 Å². The topological polar surface area (TPSA) is 26.3 Å². The summed E-state index contributed by atoms with van der Waals surface area (Å²) in [5, 5.41) is 0. The van der Waals surface area contributed by atoms with E-state index in [1.54, 1.807) is 0 Å². The van der Waals surface area contributed by atoms with Gasteiger partial charge in [0.05, 0.1) is 12.7 Å². The highest BCUT2D eigenvalue weighted by atomic mass is 31.0. The fourth-order valence-electron chi connectivity index (χ4n) is 1.20. The van der Waals surface area contributed by atoms with Gasteiger partial charge in [-0.3, -0.25) is 0 Å². The van der Waals surface area contributed by atoms with Crippen LogP contribution in [0.3, 0.4) is 0 Å². The second-order valence-corrected chi connectivity index (χ2v) is 3.89. The molecule has 0 fully saturated rings. The van der Waals surface area contributed by atoms with E-state index in [0.29, 0.717) is 5.56 Å². The lowest BCUT2D eigenvalue weighted by Crippen LogP contribution is -2.07. The van der Waals surface area contributed by atoms with Crippen molar-refractivity contribution in [3.8, 4) is 0 Å². The monoisotopic (exact) mass is 244 g/mol. The van der Waals surface area contributed by atoms with Gasteiger partial charge in [0, 0.05) is 5.56 Å². The minimum atomic E-state index is -3.08. The fraction of sp³-hybridized carbons (Fsp3) is 0.182. The number of hydrogen-bond acceptors (Lipinski definition) is 2. The molecule has 2 nitrogen and oxygen atoms in total. The number of rotatable bonds is 3. The summed E-state index contributed by atoms with van der Waals surface area (Å²) in [6.45, 7) is 3.48. The van der Waals surface area contributed by atoms with Crippen molar-refractivity contribution in [2.45, 2.75) is 5.66 Å². The number of benzene rings is 1. The molecule has 1 atom stereocenters. The second kappa shape index (κ2) is 4.71. The summed E-state index contributed by atoms with van der Waals surface area (Å²) in [7, 11) is 2.62. The lowest BCUT2D eigenvalue weighted by Gasteiger charge is -2.12. The number of esters is 1. The van der Waals surface area contributed by atoms with Gasteiger partial charge >= 0.3 is 5.97 Å². The molecule has 16 heavy (non-hydrogen) atoms. The molecular weight excluding hydrogens is 233 g/mol. The van der Waals surface area contributed by atoms with Crippen LogP contribution < -0.4 is 0 Å². The van der Waals surface area contributed by atoms with E-state index >= 15 is 0 Å². The van der Waals surface area contributed by atoms with E-state index in [1.165, 1.54) is 34.6 Å². The summed E-state index contributed by atoms with van der Waals surface area (Å²) in [6.07, 6.45) is 1.40. The van der Waals surface area contributed by atoms with E-state index in [9.17, 15) is 13.6 Å². The number of carbonyl (C=O) groups excluding carboxylic acids is 1. The van der Waals surface area contributed by atoms with Gasteiger partial charge in [-0.1, -0.05) is 21.9 Å². The van der Waals surface area contributed by atoms with Gasteiger partial charge in [-0.05, 0) is 23.8 Å². The first-order chi connectivity index (χ1) is 7.38. The summed E-state index contributed by atoms with van der Waals surface area (Å²) < 4.78 is 30.7. The Bertz CT molecular complexity index is 424. The van der Waals surface area contributed by atoms with Crippen LogP contribution in [0.5, 0.6) is 0 Å². The molecule has 0 radical (unpaired) electrons. The van der Waals surface area contributed by atoms with Gasteiger partial charge in [0.25, 0.3) is 5.66 Å². The first-order valence-corrected chi connectivity index (χ1v) is 4.99. The van der Waals surface area contributed by atoms with E-state index in [-0.39, 0.29) is 11.1 Å². The Balaban J connectivity index is 3.32. The number of halogens is 2. The minimum absolute atomic E-state index is 0.0806. The zero-order valence-electron chi connectivity index (χ0n) is 8.67. The third-order valence-corrected chi connectivity index (χ3v) is 2.33. The van der Waals surface area contributed by atoms with Crippen molar-refractivity contribution in [3.63, 3.8) is 0 Å². The Morgan fingerprint density at radius 2 is 2.12 bits per heavy atom. The van der Waals surface area contributed by atoms with Crippen molar-refractivity contribution in [3.05, 3.63) is 41.5 Å². The lowest BCUT2D eigenvalue weighted by atomic mass is 10.1. The molecule has 0 spiro atoms. The molecule has 0 aliphatic rings. The quantitative estimate of drug-likeness (QED) is 0.603. The zero-order chi connectivity index (χ0) is 12.3. The molecule has 0 bridgehead atoms. The molecule has 0 aliphatic carbocycles. The van der Waals surface area contributed by atoms with Gasteiger partial charge in [0.1, 0.15) is 0 Å². The first kappa shape index (κ1) is 12.8. The highest BCUT2D eigenvalue weighted by Crippen LogP contribution is 2.35. The van der Waals surface area contributed by atoms with Gasteiger partial charge < -0.3 is 4.74 Å². The van der Waals surface area contributed by atoms with Gasteiger partial charge in [-0.2, -0.15) is 8.78 Å². The molecule has 1 aromatic carbocycles. The number of methoxy groups -OCH3 is 1. The van der Waals surface area contributed by atoms with Crippen LogP contribution in [0.15, 0.2) is 24.8 Å². The highest BCUT2D eigenvalue weighted by Gasteiger charge is 2.26. The molecule has 0 aliphatic heterocycles. The molecule has 0 saturated heterocycles. The number of carbonyl (C=O) groups is 1. The van der Waals surface area contributed by atoms with Crippen LogP contribution in [0.1, 0.15) is 21.5 Å². The SMILES string of the molecule is C=Cc1cc(C(=O)OC)cc(C(F)(F)P)c1. The van der Waals surface area contributed by atoms with Crippen LogP contribution in [-0.2, 0) is 10.4 Å². The maximum atomic E-state index is 13.1. The third kappa shape index (κ3) is 2.86. The van der Waals surface area contributed by atoms with Crippen molar-refractivity contribution >= 4 is 21.3 Å². The van der Waals surface area contributed by atoms with Gasteiger partial charge in [0.15, 0.2) is 0 Å². The van der Waals surface area contributed by atoms with Crippen molar-refractivity contribution in [1.29, 1.82) is 0 Å². The molecule has 1 unspecified atom stereocenters. The average Bonchev–Trinajstić information content (AvgIpc) is 2.26. The van der Waals surface area contributed by atoms with Crippen molar-refractivity contribution in [2.75, 3.05) is 7.11 Å². The van der Waals surface area contributed by atoms with E-state index in [2.05, 4.69) is 11.3 Å². The molecule has 1 aromatic rings. The van der Waals surface area contributed by atoms with Crippen LogP contribution in [0.2, 0.25) is 0 Å². The summed E-state index contributed by atoms with van der Waals surface area (Å²) in [4.78, 5) is 11.3. The van der Waals surface area contributed by atoms with E-state index in [4.69, 9.17) is 0 Å². The summed E-state index contributed by atoms with van der Waals surface area (Å²) >= 11 is 0. The van der Waals surface area contributed by atoms with Crippen LogP contribution in [0.25, 0.3) is 6.08 Å². The predicted octanol–water partition coefficient (Wildman–Crippen LogP) is 3.04. The Kier molecular flexibility index (Phi) is 3.76. The second-order valence-electron chi connectivity index (χ2n) is 3.16. The van der Waals surface area contributed by atoms with Crippen molar-refractivity contribution < 1.29 is 18.3 Å². The normalized spacial score (nSPS) is 11.0. The van der Waals surface area contributed by atoms with Crippen molar-refractivity contribution in [2.24, 2.45) is 0 Å². The predicted molar refractivity (Wildman–Crippen MR) is 61.5 cm³/mol. The molecule has 0 N–H and O–H groups in total. The lowest BCUT2D eigenvalue weighted by molar-refractivity contribution is 0.0599. The Hall–Kier alpha value is -1.28. The molecular formula is C11H11F2O2P. The van der Waals surface area contributed by atoms with E-state index < -0.39 is 11.6 Å². The van der Waals surface area contributed by atoms with Crippen LogP contribution in [0.4, 0.5) is 8.78 Å². The number of ether oxygens (including phenoxy) is 1. The maximum Gasteiger partial charge on any atom is 0.337 e. The molecule has 0 amide bonds. The summed E-state index contributed by atoms with van der Waals surface area (Å²) in [5.41, 5.74) is -2.82. The van der Waals surface area contributed by atoms with Crippen LogP contribution >= 0.6 is 9.24 Å². The maximum absolute atomic E-state index is 13.1. The molecule has 0 heterocycles. The average molecular weight is 244 g/mol. The standard InChI is InChI=1S/C11H11F2O2P/c1-3-7-4-8(10(14)15-2)6-9(5-7)11(12,13)16/h3-6H,1,16H2,2H3. The van der Waals surface area contributed by atoms with E-state index in [0.717, 1.165) is 6.07 Å². The third-order valence-electron chi connectivity index (χ3n) is 2.00. The fourth-order valence-corrected chi connectivity index (χ4v) is 1.36. The molecule has 0 saturated carbocycles. The molecule has 0 aromatic heterocycles. The van der Waals surface area contributed by atoms with E-state index in [1.807, 2.05) is 0 Å². The van der Waals surface area contributed by atoms with Crippen LogP contribution in [-0.4, -0.2) is 13.1 Å². The highest BCUT2D eigenvalue weighted by molar-refractivity contribution is 7.17. The zero-order valence-corrected chi connectivity index (χ0v) is 9.82. The molecule has 86 valence electrons. The number of hydrogen-bond donors (Lipinski definition) is 0. The smallest absolute Gasteiger partial charge is 0.337 e.